The molecule has 168 valence electrons. The van der Waals surface area contributed by atoms with Crippen molar-refractivity contribution in [3.8, 4) is 0 Å². The van der Waals surface area contributed by atoms with Crippen LogP contribution in [0.4, 0.5) is 0 Å². The largest absolute Gasteiger partial charge is 0.385 e. The summed E-state index contributed by atoms with van der Waals surface area (Å²) in [6.07, 6.45) is 10.8. The molecule has 3 aliphatic carbocycles. The number of carbonyl (C=O) groups is 2. The van der Waals surface area contributed by atoms with E-state index in [4.69, 9.17) is 4.74 Å². The van der Waals surface area contributed by atoms with E-state index in [-0.39, 0.29) is 59.5 Å². The number of fused-ring (bicyclic) bond motifs is 5. The normalized spacial score (nSPS) is 30.9. The summed E-state index contributed by atoms with van der Waals surface area (Å²) in [5, 5.41) is 6.77. The van der Waals surface area contributed by atoms with Crippen LogP contribution in [0.3, 0.4) is 0 Å². The molecular weight excluding hydrogens is 495 g/mol. The van der Waals surface area contributed by atoms with E-state index >= 15 is 0 Å². The Morgan fingerprint density at radius 1 is 1.20 bits per heavy atom. The van der Waals surface area contributed by atoms with Crippen molar-refractivity contribution in [1.29, 1.82) is 0 Å². The van der Waals surface area contributed by atoms with Crippen molar-refractivity contribution < 1.29 is 14.3 Å². The molecule has 1 saturated heterocycles. The lowest BCUT2D eigenvalue weighted by Crippen LogP contribution is -2.47. The maximum absolute atomic E-state index is 12.7. The van der Waals surface area contributed by atoms with E-state index in [9.17, 15) is 9.59 Å². The summed E-state index contributed by atoms with van der Waals surface area (Å²) >= 11 is 0. The maximum atomic E-state index is 12.7. The van der Waals surface area contributed by atoms with E-state index in [1.165, 1.54) is 24.2 Å². The Kier molecular flexibility index (Phi) is 7.81. The molecule has 0 radical (unpaired) electrons. The third kappa shape index (κ3) is 4.40. The number of nitrogens with zero attached hydrogens (tertiary/aromatic N) is 2. The number of methoxy groups -OCH3 is 1. The molecule has 0 aromatic heterocycles. The van der Waals surface area contributed by atoms with Crippen LogP contribution in [0.15, 0.2) is 17.1 Å². The fourth-order valence-corrected chi connectivity index (χ4v) is 5.63. The topological polar surface area (TPSA) is 83.0 Å². The standard InChI is InChI=1S/C22H34N4O3.HI/c1-23-21(25-14-22(7-3-8-22)9-12-29-2)24-10-4-11-26-19(27)17-15-5-6-16(13-15)18(17)20(26)28;/h5-6,15-18H,3-4,7-14H2,1-2H3,(H2,23,24,25);1H. The summed E-state index contributed by atoms with van der Waals surface area (Å²) < 4.78 is 5.26. The number of ether oxygens (including phenoxy) is 1. The number of nitrogens with one attached hydrogen (secondary N) is 2. The van der Waals surface area contributed by atoms with Gasteiger partial charge in [0.05, 0.1) is 11.8 Å². The van der Waals surface area contributed by atoms with Gasteiger partial charge in [0.2, 0.25) is 11.8 Å². The van der Waals surface area contributed by atoms with Gasteiger partial charge in [0, 0.05) is 40.4 Å². The average Bonchev–Trinajstić information content (AvgIpc) is 3.37. The fourth-order valence-electron chi connectivity index (χ4n) is 5.63. The van der Waals surface area contributed by atoms with E-state index in [2.05, 4.69) is 27.8 Å². The van der Waals surface area contributed by atoms with Crippen LogP contribution in [0, 0.1) is 29.1 Å². The van der Waals surface area contributed by atoms with Crippen LogP contribution in [0.1, 0.15) is 38.5 Å². The van der Waals surface area contributed by atoms with Crippen molar-refractivity contribution in [2.24, 2.45) is 34.1 Å². The van der Waals surface area contributed by atoms with Gasteiger partial charge >= 0.3 is 0 Å². The molecule has 2 amide bonds. The second-order valence-electron chi connectivity index (χ2n) is 9.13. The van der Waals surface area contributed by atoms with Gasteiger partial charge in [0.1, 0.15) is 0 Å². The number of likely N-dealkylation sites (tertiary alicyclic amines) is 1. The van der Waals surface area contributed by atoms with Gasteiger partial charge in [-0.1, -0.05) is 18.6 Å². The molecule has 30 heavy (non-hydrogen) atoms. The predicted octanol–water partition coefficient (Wildman–Crippen LogP) is 2.17. The second-order valence-corrected chi connectivity index (χ2v) is 9.13. The predicted molar refractivity (Wildman–Crippen MR) is 127 cm³/mol. The number of halogens is 1. The van der Waals surface area contributed by atoms with E-state index in [1.807, 2.05) is 0 Å². The third-order valence-electron chi connectivity index (χ3n) is 7.52. The molecule has 7 nitrogen and oxygen atoms in total. The zero-order valence-electron chi connectivity index (χ0n) is 18.1. The molecule has 4 rings (SSSR count). The number of hydrogen-bond donors (Lipinski definition) is 2. The molecule has 1 heterocycles. The maximum Gasteiger partial charge on any atom is 0.233 e. The minimum Gasteiger partial charge on any atom is -0.385 e. The first-order chi connectivity index (χ1) is 14.1. The van der Waals surface area contributed by atoms with E-state index < -0.39 is 0 Å². The van der Waals surface area contributed by atoms with Gasteiger partial charge in [-0.3, -0.25) is 19.5 Å². The first kappa shape index (κ1) is 23.5. The van der Waals surface area contributed by atoms with Crippen molar-refractivity contribution >= 4 is 41.8 Å². The number of allylic oxidation sites excluding steroid dienone is 2. The molecule has 2 bridgehead atoms. The highest BCUT2D eigenvalue weighted by atomic mass is 127. The Balaban J connectivity index is 0.00000256. The van der Waals surface area contributed by atoms with Crippen LogP contribution >= 0.6 is 24.0 Å². The summed E-state index contributed by atoms with van der Waals surface area (Å²) in [4.78, 5) is 31.2. The molecular formula is C22H35IN4O3. The Labute approximate surface area is 196 Å². The lowest BCUT2D eigenvalue weighted by atomic mass is 9.67. The third-order valence-corrected chi connectivity index (χ3v) is 7.52. The Hall–Kier alpha value is -1.16. The van der Waals surface area contributed by atoms with Gasteiger partial charge in [-0.2, -0.15) is 0 Å². The van der Waals surface area contributed by atoms with Gasteiger partial charge in [-0.05, 0) is 49.4 Å². The smallest absolute Gasteiger partial charge is 0.233 e. The summed E-state index contributed by atoms with van der Waals surface area (Å²) in [5.74, 6) is 1.26. The first-order valence-corrected chi connectivity index (χ1v) is 11.1. The van der Waals surface area contributed by atoms with Gasteiger partial charge in [-0.15, -0.1) is 24.0 Å². The van der Waals surface area contributed by atoms with Gasteiger partial charge in [-0.25, -0.2) is 0 Å². The van der Waals surface area contributed by atoms with Gasteiger partial charge in [0.15, 0.2) is 5.96 Å². The number of carbonyl (C=O) groups excluding carboxylic acids is 2. The van der Waals surface area contributed by atoms with Crippen LogP contribution in [0.5, 0.6) is 0 Å². The fraction of sp³-hybridized carbons (Fsp3) is 0.773. The Morgan fingerprint density at radius 2 is 1.87 bits per heavy atom. The van der Waals surface area contributed by atoms with Crippen LogP contribution < -0.4 is 10.6 Å². The summed E-state index contributed by atoms with van der Waals surface area (Å²) in [6.45, 7) is 2.87. The lowest BCUT2D eigenvalue weighted by Gasteiger charge is -2.42. The molecule has 2 N–H and O–H groups in total. The average molecular weight is 530 g/mol. The Bertz CT molecular complexity index is 676. The van der Waals surface area contributed by atoms with E-state index in [0.29, 0.717) is 18.5 Å². The van der Waals surface area contributed by atoms with Crippen molar-refractivity contribution in [3.05, 3.63) is 12.2 Å². The molecule has 4 atom stereocenters. The number of guanidine groups is 1. The van der Waals surface area contributed by atoms with E-state index in [1.54, 1.807) is 14.2 Å². The number of hydrogen-bond acceptors (Lipinski definition) is 4. The van der Waals surface area contributed by atoms with Crippen LogP contribution in [-0.4, -0.2) is 63.1 Å². The van der Waals surface area contributed by atoms with Crippen LogP contribution in [0.25, 0.3) is 0 Å². The first-order valence-electron chi connectivity index (χ1n) is 11.1. The summed E-state index contributed by atoms with van der Waals surface area (Å²) in [7, 11) is 3.53. The minimum absolute atomic E-state index is 0. The second kappa shape index (κ2) is 9.97. The highest BCUT2D eigenvalue weighted by molar-refractivity contribution is 14.0. The summed E-state index contributed by atoms with van der Waals surface area (Å²) in [6, 6.07) is 0. The van der Waals surface area contributed by atoms with Crippen molar-refractivity contribution in [1.82, 2.24) is 15.5 Å². The van der Waals surface area contributed by atoms with Gasteiger partial charge in [0.25, 0.3) is 0 Å². The zero-order valence-corrected chi connectivity index (χ0v) is 20.4. The quantitative estimate of drug-likeness (QED) is 0.119. The zero-order chi connectivity index (χ0) is 20.4. The number of aliphatic imine (C=N–C) groups is 1. The van der Waals surface area contributed by atoms with Crippen molar-refractivity contribution in [2.45, 2.75) is 38.5 Å². The summed E-state index contributed by atoms with van der Waals surface area (Å²) in [5.41, 5.74) is 0.327. The highest BCUT2D eigenvalue weighted by Gasteiger charge is 2.58. The highest BCUT2D eigenvalue weighted by Crippen LogP contribution is 2.52. The molecule has 0 aromatic rings. The molecule has 8 heteroatoms. The number of amides is 2. The Morgan fingerprint density at radius 3 is 2.40 bits per heavy atom. The molecule has 4 unspecified atom stereocenters. The lowest BCUT2D eigenvalue weighted by molar-refractivity contribution is -0.140. The minimum atomic E-state index is -0.0920. The molecule has 4 aliphatic rings. The van der Waals surface area contributed by atoms with Crippen molar-refractivity contribution in [2.75, 3.05) is 40.4 Å². The van der Waals surface area contributed by atoms with Gasteiger partial charge < -0.3 is 15.4 Å². The molecule has 1 aliphatic heterocycles. The van der Waals surface area contributed by atoms with Crippen LogP contribution in [0.2, 0.25) is 0 Å². The molecule has 2 saturated carbocycles. The van der Waals surface area contributed by atoms with E-state index in [0.717, 1.165) is 38.4 Å². The monoisotopic (exact) mass is 530 g/mol. The molecule has 0 aromatic carbocycles. The number of rotatable bonds is 9. The molecule has 3 fully saturated rings. The SMILES string of the molecule is CN=C(NCCCN1C(=O)C2C3C=CC(C3)C2C1=O)NCC1(CCOC)CCC1.I. The molecule has 0 spiro atoms. The van der Waals surface area contributed by atoms with Crippen molar-refractivity contribution in [3.63, 3.8) is 0 Å². The van der Waals surface area contributed by atoms with Crippen LogP contribution in [-0.2, 0) is 14.3 Å². The number of imide groups is 1.